The summed E-state index contributed by atoms with van der Waals surface area (Å²) in [5.74, 6) is -2.46. The number of nitrogens with one attached hydrogen (secondary N) is 3. The van der Waals surface area contributed by atoms with Crippen LogP contribution in [0.1, 0.15) is 26.3 Å². The second kappa shape index (κ2) is 14.8. The van der Waals surface area contributed by atoms with Crippen LogP contribution in [0.25, 0.3) is 6.08 Å². The molecule has 4 aromatic rings. The van der Waals surface area contributed by atoms with Gasteiger partial charge in [0.25, 0.3) is 11.8 Å². The molecule has 0 aliphatic carbocycles. The van der Waals surface area contributed by atoms with Crippen LogP contribution in [-0.4, -0.2) is 46.8 Å². The standard InChI is InChI=1S/C32H26ClN3O7S/c1-43-28-17-23(37)12-10-20(28)14-27(36-30(39)19-6-3-2-4-7-19)31(40)34-22-8-5-9-24(16-22)44-18-29(38)35-26-15-21(32(41)42)11-13-25(26)33/h2-17,37H,18H2,1H3,(H,34,40)(H,35,38)(H,36,39)(H,41,42)/b27-14+. The highest BCUT2D eigenvalue weighted by Crippen LogP contribution is 2.27. The van der Waals surface area contributed by atoms with Crippen molar-refractivity contribution in [3.63, 3.8) is 0 Å². The topological polar surface area (TPSA) is 154 Å². The Hall–Kier alpha value is -5.26. The van der Waals surface area contributed by atoms with E-state index in [0.29, 0.717) is 21.7 Å². The molecule has 0 aliphatic rings. The average molecular weight is 632 g/mol. The number of amides is 3. The van der Waals surface area contributed by atoms with E-state index in [0.717, 1.165) is 0 Å². The minimum absolute atomic E-state index is 0.0157. The predicted molar refractivity (Wildman–Crippen MR) is 169 cm³/mol. The van der Waals surface area contributed by atoms with Crippen molar-refractivity contribution in [1.29, 1.82) is 0 Å². The molecule has 12 heteroatoms. The van der Waals surface area contributed by atoms with Crippen molar-refractivity contribution in [2.45, 2.75) is 4.90 Å². The molecule has 4 rings (SSSR count). The van der Waals surface area contributed by atoms with Crippen molar-refractivity contribution in [1.82, 2.24) is 5.32 Å². The van der Waals surface area contributed by atoms with Crippen LogP contribution >= 0.6 is 23.4 Å². The molecule has 4 aromatic carbocycles. The van der Waals surface area contributed by atoms with Crippen LogP contribution < -0.4 is 20.7 Å². The van der Waals surface area contributed by atoms with Crippen LogP contribution in [0.3, 0.4) is 0 Å². The zero-order chi connectivity index (χ0) is 31.6. The lowest BCUT2D eigenvalue weighted by atomic mass is 10.1. The van der Waals surface area contributed by atoms with Gasteiger partial charge in [0.05, 0.1) is 29.1 Å². The van der Waals surface area contributed by atoms with Crippen molar-refractivity contribution in [2.24, 2.45) is 0 Å². The van der Waals surface area contributed by atoms with Gasteiger partial charge in [-0.15, -0.1) is 11.8 Å². The molecule has 0 aliphatic heterocycles. The number of phenols is 1. The first-order valence-electron chi connectivity index (χ1n) is 12.9. The molecule has 0 radical (unpaired) electrons. The monoisotopic (exact) mass is 631 g/mol. The number of phenolic OH excluding ortho intramolecular Hbond substituents is 1. The Morgan fingerprint density at radius 2 is 1.66 bits per heavy atom. The summed E-state index contributed by atoms with van der Waals surface area (Å²) in [7, 11) is 1.42. The van der Waals surface area contributed by atoms with E-state index in [-0.39, 0.29) is 39.2 Å². The fourth-order valence-corrected chi connectivity index (χ4v) is 4.79. The van der Waals surface area contributed by atoms with Crippen molar-refractivity contribution in [3.05, 3.63) is 118 Å². The number of anilines is 2. The fourth-order valence-electron chi connectivity index (χ4n) is 3.87. The number of rotatable bonds is 11. The summed E-state index contributed by atoms with van der Waals surface area (Å²) in [5, 5.41) is 27.2. The molecule has 44 heavy (non-hydrogen) atoms. The molecular formula is C32H26ClN3O7S. The van der Waals surface area contributed by atoms with Crippen molar-refractivity contribution in [2.75, 3.05) is 23.5 Å². The van der Waals surface area contributed by atoms with Gasteiger partial charge in [0.1, 0.15) is 17.2 Å². The summed E-state index contributed by atoms with van der Waals surface area (Å²) in [6.07, 6.45) is 1.43. The molecule has 0 bridgehead atoms. The van der Waals surface area contributed by atoms with Crippen LogP contribution in [-0.2, 0) is 9.59 Å². The first kappa shape index (κ1) is 31.7. The maximum atomic E-state index is 13.4. The van der Waals surface area contributed by atoms with Gasteiger partial charge in [-0.2, -0.15) is 0 Å². The second-order valence-electron chi connectivity index (χ2n) is 9.12. The molecule has 0 aromatic heterocycles. The molecule has 5 N–H and O–H groups in total. The minimum atomic E-state index is -1.15. The van der Waals surface area contributed by atoms with E-state index in [1.54, 1.807) is 60.7 Å². The van der Waals surface area contributed by atoms with Crippen molar-refractivity contribution in [3.8, 4) is 11.5 Å². The average Bonchev–Trinajstić information content (AvgIpc) is 3.02. The third-order valence-corrected chi connectivity index (χ3v) is 7.32. The Morgan fingerprint density at radius 1 is 0.886 bits per heavy atom. The molecule has 0 saturated carbocycles. The number of methoxy groups -OCH3 is 1. The van der Waals surface area contributed by atoms with Gasteiger partial charge in [0.2, 0.25) is 5.91 Å². The van der Waals surface area contributed by atoms with Crippen LogP contribution in [0.4, 0.5) is 11.4 Å². The van der Waals surface area contributed by atoms with E-state index in [4.69, 9.17) is 16.3 Å². The lowest BCUT2D eigenvalue weighted by molar-refractivity contribution is -0.114. The molecule has 0 heterocycles. The van der Waals surface area contributed by atoms with E-state index < -0.39 is 23.7 Å². The van der Waals surface area contributed by atoms with Gasteiger partial charge < -0.3 is 30.9 Å². The van der Waals surface area contributed by atoms with Gasteiger partial charge in [-0.05, 0) is 66.7 Å². The Morgan fingerprint density at radius 3 is 2.39 bits per heavy atom. The molecular weight excluding hydrogens is 606 g/mol. The van der Waals surface area contributed by atoms with Crippen LogP contribution in [0, 0.1) is 0 Å². The molecule has 0 unspecified atom stereocenters. The molecule has 3 amide bonds. The van der Waals surface area contributed by atoms with Gasteiger partial charge in [-0.1, -0.05) is 35.9 Å². The van der Waals surface area contributed by atoms with E-state index in [2.05, 4.69) is 16.0 Å². The van der Waals surface area contributed by atoms with E-state index >= 15 is 0 Å². The minimum Gasteiger partial charge on any atom is -0.508 e. The fraction of sp³-hybridized carbons (Fsp3) is 0.0625. The van der Waals surface area contributed by atoms with Gasteiger partial charge in [0.15, 0.2) is 0 Å². The number of ether oxygens (including phenoxy) is 1. The maximum Gasteiger partial charge on any atom is 0.335 e. The predicted octanol–water partition coefficient (Wildman–Crippen LogP) is 5.89. The number of carbonyl (C=O) groups is 4. The number of aromatic hydroxyl groups is 1. The van der Waals surface area contributed by atoms with Gasteiger partial charge in [-0.3, -0.25) is 14.4 Å². The Labute approximate surface area is 261 Å². The van der Waals surface area contributed by atoms with E-state index in [1.165, 1.54) is 55.3 Å². The first-order valence-corrected chi connectivity index (χ1v) is 14.3. The van der Waals surface area contributed by atoms with Crippen LogP contribution in [0.2, 0.25) is 5.02 Å². The lowest BCUT2D eigenvalue weighted by Gasteiger charge is -2.13. The number of carboxylic acid groups (broad SMARTS) is 1. The van der Waals surface area contributed by atoms with Gasteiger partial charge in [-0.25, -0.2) is 4.79 Å². The zero-order valence-electron chi connectivity index (χ0n) is 23.2. The SMILES string of the molecule is COc1cc(O)ccc1/C=C(/NC(=O)c1ccccc1)C(=O)Nc1cccc(SCC(=O)Nc2cc(C(=O)O)ccc2Cl)c1. The van der Waals surface area contributed by atoms with Gasteiger partial charge in [0, 0.05) is 27.8 Å². The lowest BCUT2D eigenvalue weighted by Crippen LogP contribution is -2.30. The number of thioether (sulfide) groups is 1. The van der Waals surface area contributed by atoms with E-state index in [1.807, 2.05) is 0 Å². The van der Waals surface area contributed by atoms with Crippen molar-refractivity contribution >= 4 is 64.5 Å². The number of benzene rings is 4. The molecule has 224 valence electrons. The zero-order valence-corrected chi connectivity index (χ0v) is 24.7. The molecule has 0 spiro atoms. The summed E-state index contributed by atoms with van der Waals surface area (Å²) in [5.41, 5.74) is 1.26. The normalized spacial score (nSPS) is 10.9. The maximum absolute atomic E-state index is 13.4. The Bertz CT molecular complexity index is 1750. The number of hydrogen-bond acceptors (Lipinski definition) is 7. The highest BCUT2D eigenvalue weighted by Gasteiger charge is 2.17. The second-order valence-corrected chi connectivity index (χ2v) is 10.6. The number of halogens is 1. The van der Waals surface area contributed by atoms with Crippen molar-refractivity contribution < 1.29 is 34.1 Å². The number of carboxylic acids is 1. The molecule has 0 fully saturated rings. The summed E-state index contributed by atoms with van der Waals surface area (Å²) in [4.78, 5) is 50.8. The highest BCUT2D eigenvalue weighted by molar-refractivity contribution is 8.00. The first-order chi connectivity index (χ1) is 21.1. The van der Waals surface area contributed by atoms with Crippen LogP contribution in [0.15, 0.2) is 102 Å². The molecule has 10 nitrogen and oxygen atoms in total. The number of carbonyl (C=O) groups excluding carboxylic acids is 3. The van der Waals surface area contributed by atoms with E-state index in [9.17, 15) is 29.4 Å². The summed E-state index contributed by atoms with van der Waals surface area (Å²) in [6, 6.07) is 23.5. The summed E-state index contributed by atoms with van der Waals surface area (Å²) >= 11 is 7.28. The third kappa shape index (κ3) is 8.63. The summed E-state index contributed by atoms with van der Waals surface area (Å²) < 4.78 is 5.32. The highest BCUT2D eigenvalue weighted by atomic mass is 35.5. The van der Waals surface area contributed by atoms with Crippen LogP contribution in [0.5, 0.6) is 11.5 Å². The Balaban J connectivity index is 1.49. The summed E-state index contributed by atoms with van der Waals surface area (Å²) in [6.45, 7) is 0. The number of aromatic carboxylic acids is 1. The third-order valence-electron chi connectivity index (χ3n) is 5.99. The molecule has 0 atom stereocenters. The largest absolute Gasteiger partial charge is 0.508 e. The Kier molecular flexibility index (Phi) is 10.6. The quantitative estimate of drug-likeness (QED) is 0.101. The van der Waals surface area contributed by atoms with Gasteiger partial charge >= 0.3 is 5.97 Å². The molecule has 0 saturated heterocycles. The smallest absolute Gasteiger partial charge is 0.335 e. The number of hydrogen-bond donors (Lipinski definition) is 5.